The minimum Gasteiger partial charge on any atom is -0.476 e. The Labute approximate surface area is 103 Å². The van der Waals surface area contributed by atoms with Gasteiger partial charge in [0, 0.05) is 12.1 Å². The van der Waals surface area contributed by atoms with Crippen LogP contribution in [0.3, 0.4) is 0 Å². The maximum absolute atomic E-state index is 10.6. The molecule has 0 aromatic carbocycles. The van der Waals surface area contributed by atoms with E-state index >= 15 is 0 Å². The average Bonchev–Trinajstić information content (AvgIpc) is 2.92. The monoisotopic (exact) mass is 247 g/mol. The maximum atomic E-state index is 10.6. The Morgan fingerprint density at radius 2 is 2.17 bits per heavy atom. The molecule has 18 heavy (non-hydrogen) atoms. The molecule has 1 aliphatic rings. The van der Waals surface area contributed by atoms with E-state index in [2.05, 4.69) is 15.4 Å². The van der Waals surface area contributed by atoms with Crippen molar-refractivity contribution in [3.05, 3.63) is 29.8 Å². The molecule has 0 amide bonds. The molecule has 0 bridgehead atoms. The molecule has 94 valence electrons. The molecule has 1 aliphatic carbocycles. The highest BCUT2D eigenvalue weighted by molar-refractivity contribution is 5.84. The van der Waals surface area contributed by atoms with E-state index < -0.39 is 5.97 Å². The summed E-state index contributed by atoms with van der Waals surface area (Å²) in [6.45, 7) is 1.22. The number of carboxylic acids is 1. The Kier molecular flexibility index (Phi) is 2.58. The quantitative estimate of drug-likeness (QED) is 0.842. The van der Waals surface area contributed by atoms with Crippen LogP contribution >= 0.6 is 0 Å². The molecule has 2 aromatic heterocycles. The third-order valence-electron chi connectivity index (χ3n) is 2.97. The summed E-state index contributed by atoms with van der Waals surface area (Å²) in [4.78, 5) is 10.6. The van der Waals surface area contributed by atoms with Crippen LogP contribution in [0.1, 0.15) is 34.9 Å². The van der Waals surface area contributed by atoms with Crippen LogP contribution in [0.4, 0.5) is 0 Å². The number of aryl methyl sites for hydroxylation is 2. The molecule has 1 fully saturated rings. The number of aromatic carboxylic acids is 1. The number of aromatic nitrogens is 5. The number of nitrogens with zero attached hydrogens (tertiary/aromatic N) is 5. The van der Waals surface area contributed by atoms with Gasteiger partial charge in [0.25, 0.3) is 0 Å². The predicted octanol–water partition coefficient (Wildman–Crippen LogP) is 0.750. The molecule has 3 rings (SSSR count). The summed E-state index contributed by atoms with van der Waals surface area (Å²) in [7, 11) is 0. The Morgan fingerprint density at radius 1 is 1.39 bits per heavy atom. The first-order valence-electron chi connectivity index (χ1n) is 5.89. The van der Waals surface area contributed by atoms with Crippen molar-refractivity contribution in [2.45, 2.75) is 31.8 Å². The van der Waals surface area contributed by atoms with Crippen LogP contribution in [0.15, 0.2) is 18.5 Å². The molecule has 0 atom stereocenters. The third-order valence-corrected chi connectivity index (χ3v) is 2.97. The van der Waals surface area contributed by atoms with E-state index in [4.69, 9.17) is 5.11 Å². The van der Waals surface area contributed by atoms with E-state index in [1.54, 1.807) is 0 Å². The van der Waals surface area contributed by atoms with Crippen molar-refractivity contribution in [1.82, 2.24) is 24.8 Å². The second-order valence-electron chi connectivity index (χ2n) is 4.45. The van der Waals surface area contributed by atoms with E-state index in [9.17, 15) is 4.79 Å². The Balaban J connectivity index is 1.60. The minimum atomic E-state index is -1.06. The van der Waals surface area contributed by atoms with Gasteiger partial charge >= 0.3 is 5.97 Å². The van der Waals surface area contributed by atoms with Crippen LogP contribution in [0.5, 0.6) is 0 Å². The largest absolute Gasteiger partial charge is 0.476 e. The first-order valence-corrected chi connectivity index (χ1v) is 5.89. The van der Waals surface area contributed by atoms with Gasteiger partial charge in [0.1, 0.15) is 0 Å². The normalized spacial score (nSPS) is 14.9. The van der Waals surface area contributed by atoms with Gasteiger partial charge in [-0.3, -0.25) is 4.68 Å². The molecular formula is C11H13N5O2. The van der Waals surface area contributed by atoms with E-state index in [-0.39, 0.29) is 5.69 Å². The smallest absolute Gasteiger partial charge is 0.358 e. The van der Waals surface area contributed by atoms with Crippen LogP contribution in [0.2, 0.25) is 0 Å². The van der Waals surface area contributed by atoms with Crippen LogP contribution in [-0.4, -0.2) is 35.9 Å². The second-order valence-corrected chi connectivity index (χ2v) is 4.45. The molecule has 0 radical (unpaired) electrons. The van der Waals surface area contributed by atoms with Gasteiger partial charge < -0.3 is 5.11 Å². The summed E-state index contributed by atoms with van der Waals surface area (Å²) < 4.78 is 3.37. The van der Waals surface area contributed by atoms with Gasteiger partial charge in [-0.05, 0) is 18.9 Å². The van der Waals surface area contributed by atoms with Gasteiger partial charge in [-0.2, -0.15) is 5.10 Å². The van der Waals surface area contributed by atoms with Gasteiger partial charge in [-0.25, -0.2) is 9.48 Å². The van der Waals surface area contributed by atoms with Crippen molar-refractivity contribution in [2.24, 2.45) is 0 Å². The molecule has 0 aliphatic heterocycles. The van der Waals surface area contributed by atoms with Crippen molar-refractivity contribution in [2.75, 3.05) is 0 Å². The van der Waals surface area contributed by atoms with Crippen LogP contribution in [-0.2, 0) is 13.1 Å². The van der Waals surface area contributed by atoms with E-state index in [1.807, 2.05) is 16.9 Å². The summed E-state index contributed by atoms with van der Waals surface area (Å²) in [5.41, 5.74) is 1.12. The molecular weight excluding hydrogens is 234 g/mol. The number of carbonyl (C=O) groups is 1. The van der Waals surface area contributed by atoms with Gasteiger partial charge in [-0.1, -0.05) is 5.21 Å². The topological polar surface area (TPSA) is 85.8 Å². The number of carboxylic acid groups (broad SMARTS) is 1. The highest BCUT2D eigenvalue weighted by Crippen LogP contribution is 2.38. The van der Waals surface area contributed by atoms with Crippen molar-refractivity contribution in [1.29, 1.82) is 0 Å². The zero-order chi connectivity index (χ0) is 12.5. The van der Waals surface area contributed by atoms with Crippen molar-refractivity contribution >= 4 is 5.97 Å². The summed E-state index contributed by atoms with van der Waals surface area (Å²) in [5.74, 6) is -0.410. The fraction of sp³-hybridized carbons (Fsp3) is 0.455. The summed E-state index contributed by atoms with van der Waals surface area (Å²) >= 11 is 0. The fourth-order valence-corrected chi connectivity index (χ4v) is 1.81. The number of rotatable bonds is 5. The van der Waals surface area contributed by atoms with Crippen molar-refractivity contribution < 1.29 is 9.90 Å². The zero-order valence-electron chi connectivity index (χ0n) is 9.73. The van der Waals surface area contributed by atoms with E-state index in [0.29, 0.717) is 19.0 Å². The lowest BCUT2D eigenvalue weighted by Gasteiger charge is -2.00. The maximum Gasteiger partial charge on any atom is 0.358 e. The van der Waals surface area contributed by atoms with Crippen molar-refractivity contribution in [3.63, 3.8) is 0 Å². The second kappa shape index (κ2) is 4.25. The SMILES string of the molecule is O=C(O)c1cn(CCn2ccc(C3CC3)n2)nn1. The van der Waals surface area contributed by atoms with E-state index in [0.717, 1.165) is 5.69 Å². The molecule has 0 unspecified atom stereocenters. The molecule has 0 saturated heterocycles. The highest BCUT2D eigenvalue weighted by atomic mass is 16.4. The molecule has 2 heterocycles. The molecule has 2 aromatic rings. The number of hydrogen-bond acceptors (Lipinski definition) is 4. The van der Waals surface area contributed by atoms with Crippen LogP contribution in [0, 0.1) is 0 Å². The minimum absolute atomic E-state index is 0.0332. The first-order chi connectivity index (χ1) is 8.72. The van der Waals surface area contributed by atoms with Gasteiger partial charge in [0.15, 0.2) is 5.69 Å². The standard InChI is InChI=1S/C11H13N5O2/c17-11(18)10-7-16(14-12-10)6-5-15-4-3-9(13-15)8-1-2-8/h3-4,7-8H,1-2,5-6H2,(H,17,18). The Morgan fingerprint density at radius 3 is 2.83 bits per heavy atom. The lowest BCUT2D eigenvalue weighted by Crippen LogP contribution is -2.08. The highest BCUT2D eigenvalue weighted by Gasteiger charge is 2.25. The Bertz CT molecular complexity index is 570. The first kappa shape index (κ1) is 10.9. The molecule has 1 N–H and O–H groups in total. The summed E-state index contributed by atoms with van der Waals surface area (Å²) in [5, 5.41) is 20.5. The van der Waals surface area contributed by atoms with Gasteiger partial charge in [0.05, 0.1) is 25.0 Å². The van der Waals surface area contributed by atoms with Crippen LogP contribution in [0.25, 0.3) is 0 Å². The molecule has 1 saturated carbocycles. The predicted molar refractivity (Wildman–Crippen MR) is 61.2 cm³/mol. The number of hydrogen-bond donors (Lipinski definition) is 1. The van der Waals surface area contributed by atoms with Gasteiger partial charge in [0.2, 0.25) is 0 Å². The summed E-state index contributed by atoms with van der Waals surface area (Å²) in [6, 6.07) is 2.04. The molecule has 7 nitrogen and oxygen atoms in total. The molecule has 0 spiro atoms. The van der Waals surface area contributed by atoms with Crippen molar-refractivity contribution in [3.8, 4) is 0 Å². The Hall–Kier alpha value is -2.18. The average molecular weight is 247 g/mol. The third kappa shape index (κ3) is 2.24. The van der Waals surface area contributed by atoms with Gasteiger partial charge in [-0.15, -0.1) is 5.10 Å². The molecule has 7 heteroatoms. The van der Waals surface area contributed by atoms with E-state index in [1.165, 1.54) is 23.7 Å². The van der Waals surface area contributed by atoms with Crippen LogP contribution < -0.4 is 0 Å². The summed E-state index contributed by atoms with van der Waals surface area (Å²) in [6.07, 6.45) is 5.85. The lowest BCUT2D eigenvalue weighted by molar-refractivity contribution is 0.0690. The zero-order valence-corrected chi connectivity index (χ0v) is 9.73. The lowest BCUT2D eigenvalue weighted by atomic mass is 10.3. The fourth-order valence-electron chi connectivity index (χ4n) is 1.81.